The first-order chi connectivity index (χ1) is 8.06. The lowest BCUT2D eigenvalue weighted by Gasteiger charge is -2.30. The molecule has 1 rings (SSSR count). The minimum absolute atomic E-state index is 0.0654. The average molecular weight is 244 g/mol. The van der Waals surface area contributed by atoms with Crippen LogP contribution < -0.4 is 0 Å². The van der Waals surface area contributed by atoms with E-state index >= 15 is 0 Å². The second-order valence-electron chi connectivity index (χ2n) is 4.23. The molecule has 6 heteroatoms. The third-order valence-electron chi connectivity index (χ3n) is 2.85. The van der Waals surface area contributed by atoms with Crippen molar-refractivity contribution in [2.45, 2.75) is 25.8 Å². The molecule has 1 saturated heterocycles. The number of aliphatic carboxylic acids is 1. The molecule has 17 heavy (non-hydrogen) atoms. The number of carboxylic acid groups (broad SMARTS) is 1. The molecule has 1 fully saturated rings. The van der Waals surface area contributed by atoms with Crippen LogP contribution >= 0.6 is 0 Å². The van der Waals surface area contributed by atoms with Gasteiger partial charge < -0.3 is 19.6 Å². The van der Waals surface area contributed by atoms with Crippen molar-refractivity contribution < 1.29 is 19.4 Å². The van der Waals surface area contributed by atoms with Crippen LogP contribution in [0.15, 0.2) is 0 Å². The van der Waals surface area contributed by atoms with Gasteiger partial charge in [0, 0.05) is 20.2 Å². The zero-order valence-corrected chi connectivity index (χ0v) is 10.4. The largest absolute Gasteiger partial charge is 0.480 e. The van der Waals surface area contributed by atoms with Crippen molar-refractivity contribution >= 4 is 12.0 Å². The zero-order valence-electron chi connectivity index (χ0n) is 10.4. The number of nitrogens with zero attached hydrogens (tertiary/aromatic N) is 2. The molecule has 0 radical (unpaired) electrons. The molecule has 6 nitrogen and oxygen atoms in total. The number of carbonyl (C=O) groups excluding carboxylic acids is 1. The van der Waals surface area contributed by atoms with E-state index in [0.29, 0.717) is 19.8 Å². The number of ether oxygens (including phenoxy) is 1. The Morgan fingerprint density at radius 2 is 2.18 bits per heavy atom. The van der Waals surface area contributed by atoms with Crippen molar-refractivity contribution in [1.82, 2.24) is 9.80 Å². The van der Waals surface area contributed by atoms with Gasteiger partial charge in [0.05, 0.1) is 12.6 Å². The topological polar surface area (TPSA) is 70.1 Å². The molecule has 1 unspecified atom stereocenters. The Balaban J connectivity index is 2.58. The lowest BCUT2D eigenvalue weighted by Crippen LogP contribution is -2.48. The van der Waals surface area contributed by atoms with Gasteiger partial charge in [-0.05, 0) is 12.8 Å². The molecule has 0 aromatic carbocycles. The fourth-order valence-electron chi connectivity index (χ4n) is 1.88. The Labute approximate surface area is 101 Å². The first-order valence-electron chi connectivity index (χ1n) is 5.87. The number of hydrogen-bond donors (Lipinski definition) is 1. The first-order valence-corrected chi connectivity index (χ1v) is 5.87. The van der Waals surface area contributed by atoms with E-state index in [-0.39, 0.29) is 18.6 Å². The molecule has 0 bridgehead atoms. The smallest absolute Gasteiger partial charge is 0.323 e. The normalized spacial score (nSPS) is 19.1. The van der Waals surface area contributed by atoms with Crippen LogP contribution in [0.4, 0.5) is 4.79 Å². The third-order valence-corrected chi connectivity index (χ3v) is 2.85. The van der Waals surface area contributed by atoms with Gasteiger partial charge in [-0.1, -0.05) is 6.92 Å². The van der Waals surface area contributed by atoms with Crippen molar-refractivity contribution in [2.75, 3.05) is 33.4 Å². The molecule has 1 heterocycles. The van der Waals surface area contributed by atoms with Gasteiger partial charge in [0.2, 0.25) is 0 Å². The molecule has 1 aliphatic rings. The Bertz CT molecular complexity index is 277. The van der Waals surface area contributed by atoms with Gasteiger partial charge in [-0.2, -0.15) is 0 Å². The predicted molar refractivity (Wildman–Crippen MR) is 61.9 cm³/mol. The molecule has 0 aromatic rings. The molecule has 98 valence electrons. The van der Waals surface area contributed by atoms with E-state index in [1.165, 1.54) is 4.90 Å². The molecule has 0 spiro atoms. The van der Waals surface area contributed by atoms with Crippen LogP contribution in [0.5, 0.6) is 0 Å². The van der Waals surface area contributed by atoms with Crippen LogP contribution in [-0.2, 0) is 9.53 Å². The van der Waals surface area contributed by atoms with E-state index in [1.807, 2.05) is 6.92 Å². The number of rotatable bonds is 5. The van der Waals surface area contributed by atoms with E-state index in [9.17, 15) is 9.59 Å². The van der Waals surface area contributed by atoms with Gasteiger partial charge in [0.15, 0.2) is 0 Å². The van der Waals surface area contributed by atoms with Gasteiger partial charge in [-0.3, -0.25) is 4.79 Å². The van der Waals surface area contributed by atoms with Gasteiger partial charge in [-0.15, -0.1) is 0 Å². The maximum Gasteiger partial charge on any atom is 0.323 e. The molecule has 0 aliphatic carbocycles. The number of carboxylic acids is 1. The minimum atomic E-state index is -0.983. The molecule has 2 amide bonds. The Morgan fingerprint density at radius 3 is 2.65 bits per heavy atom. The highest BCUT2D eigenvalue weighted by molar-refractivity contribution is 5.80. The summed E-state index contributed by atoms with van der Waals surface area (Å²) < 4.78 is 5.22. The summed E-state index contributed by atoms with van der Waals surface area (Å²) in [6.45, 7) is 3.33. The molecule has 0 saturated carbocycles. The molecule has 0 aromatic heterocycles. The summed E-state index contributed by atoms with van der Waals surface area (Å²) in [5.41, 5.74) is 0. The summed E-state index contributed by atoms with van der Waals surface area (Å²) in [5, 5.41) is 8.77. The van der Waals surface area contributed by atoms with Crippen LogP contribution in [0.3, 0.4) is 0 Å². The van der Waals surface area contributed by atoms with Gasteiger partial charge in [-0.25, -0.2) is 4.79 Å². The number of hydrogen-bond acceptors (Lipinski definition) is 3. The highest BCUT2D eigenvalue weighted by atomic mass is 16.5. The fraction of sp³-hybridized carbons (Fsp3) is 0.818. The fourth-order valence-corrected chi connectivity index (χ4v) is 1.88. The van der Waals surface area contributed by atoms with E-state index in [4.69, 9.17) is 9.84 Å². The first kappa shape index (κ1) is 13.8. The summed E-state index contributed by atoms with van der Waals surface area (Å²) in [6.07, 6.45) is 1.56. The van der Waals surface area contributed by atoms with E-state index in [0.717, 1.165) is 12.8 Å². The van der Waals surface area contributed by atoms with Crippen molar-refractivity contribution in [2.24, 2.45) is 0 Å². The molecule has 1 aliphatic heterocycles. The van der Waals surface area contributed by atoms with E-state index in [2.05, 4.69) is 0 Å². The molecular formula is C11H20N2O4. The van der Waals surface area contributed by atoms with Gasteiger partial charge >= 0.3 is 12.0 Å². The summed E-state index contributed by atoms with van der Waals surface area (Å²) in [5.74, 6) is -0.983. The number of carbonyl (C=O) groups is 2. The summed E-state index contributed by atoms with van der Waals surface area (Å²) in [7, 11) is 1.70. The lowest BCUT2D eigenvalue weighted by molar-refractivity contribution is -0.137. The molecule has 1 atom stereocenters. The minimum Gasteiger partial charge on any atom is -0.480 e. The van der Waals surface area contributed by atoms with Crippen molar-refractivity contribution in [1.29, 1.82) is 0 Å². The summed E-state index contributed by atoms with van der Waals surface area (Å²) >= 11 is 0. The second-order valence-corrected chi connectivity index (χ2v) is 4.23. The Kier molecular flexibility index (Phi) is 5.21. The second kappa shape index (κ2) is 6.44. The predicted octanol–water partition coefficient (Wildman–Crippen LogP) is 0.624. The average Bonchev–Trinajstić information content (AvgIpc) is 2.79. The highest BCUT2D eigenvalue weighted by Gasteiger charge is 2.27. The monoisotopic (exact) mass is 244 g/mol. The Morgan fingerprint density at radius 1 is 1.47 bits per heavy atom. The van der Waals surface area contributed by atoms with Crippen molar-refractivity contribution in [3.63, 3.8) is 0 Å². The van der Waals surface area contributed by atoms with Crippen molar-refractivity contribution in [3.05, 3.63) is 0 Å². The van der Waals surface area contributed by atoms with Gasteiger partial charge in [0.25, 0.3) is 0 Å². The third kappa shape index (κ3) is 3.89. The number of likely N-dealkylation sites (N-methyl/N-ethyl adjacent to an activating group) is 1. The number of urea groups is 1. The van der Waals surface area contributed by atoms with Gasteiger partial charge in [0.1, 0.15) is 6.54 Å². The summed E-state index contributed by atoms with van der Waals surface area (Å²) in [4.78, 5) is 25.7. The highest BCUT2D eigenvalue weighted by Crippen LogP contribution is 2.12. The van der Waals surface area contributed by atoms with E-state index < -0.39 is 5.97 Å². The Hall–Kier alpha value is -1.30. The van der Waals surface area contributed by atoms with Crippen LogP contribution in [0.25, 0.3) is 0 Å². The van der Waals surface area contributed by atoms with Crippen LogP contribution in [0, 0.1) is 0 Å². The quantitative estimate of drug-likeness (QED) is 0.769. The van der Waals surface area contributed by atoms with E-state index in [1.54, 1.807) is 11.9 Å². The molecular weight excluding hydrogens is 224 g/mol. The van der Waals surface area contributed by atoms with Crippen LogP contribution in [-0.4, -0.2) is 66.3 Å². The zero-order chi connectivity index (χ0) is 12.8. The molecule has 1 N–H and O–H groups in total. The van der Waals surface area contributed by atoms with Crippen molar-refractivity contribution in [3.8, 4) is 0 Å². The maximum atomic E-state index is 12.1. The number of amides is 2. The lowest BCUT2D eigenvalue weighted by atomic mass is 10.2. The maximum absolute atomic E-state index is 12.1. The van der Waals surface area contributed by atoms with Crippen LogP contribution in [0.2, 0.25) is 0 Å². The standard InChI is InChI=1S/C11H20N2O4/c1-3-5-13(7-10(14)15)11(16)12(2)9-4-6-17-8-9/h9H,3-8H2,1-2H3,(H,14,15). The SMILES string of the molecule is CCCN(CC(=O)O)C(=O)N(C)C1CCOC1. The van der Waals surface area contributed by atoms with Crippen LogP contribution in [0.1, 0.15) is 19.8 Å². The summed E-state index contributed by atoms with van der Waals surface area (Å²) in [6, 6.07) is -0.166.